The summed E-state index contributed by atoms with van der Waals surface area (Å²) in [5.41, 5.74) is 13.6. The minimum atomic E-state index is -0.112. The number of hydrogen-bond acceptors (Lipinski definition) is 32. The molecule has 32 nitrogen and oxygen atoms in total. The molecule has 8 aromatic rings. The Morgan fingerprint density at radius 3 is 0.287 bits per heavy atom. The number of ether oxygens (including phenoxy) is 24. The first-order valence-electron chi connectivity index (χ1n) is 47.3. The molecule has 0 heterocycles. The maximum absolute atomic E-state index is 9.46. The van der Waals surface area contributed by atoms with E-state index in [1.54, 1.807) is 0 Å². The van der Waals surface area contributed by atoms with Gasteiger partial charge in [-0.25, -0.2) is 0 Å². The molecule has 0 amide bonds. The third kappa shape index (κ3) is 41.7. The van der Waals surface area contributed by atoms with Crippen LogP contribution in [0.2, 0.25) is 0 Å². The molecule has 9 rings (SSSR count). The first kappa shape index (κ1) is 111. The van der Waals surface area contributed by atoms with E-state index in [-0.39, 0.29) is 317 Å². The van der Waals surface area contributed by atoms with Gasteiger partial charge in [-0.3, -0.25) is 0 Å². The van der Waals surface area contributed by atoms with E-state index in [9.17, 15) is 40.9 Å². The molecule has 752 valence electrons. The summed E-state index contributed by atoms with van der Waals surface area (Å²) < 4.78 is 150. The highest BCUT2D eigenvalue weighted by Gasteiger charge is 2.26. The number of aliphatic hydroxyl groups excluding tert-OH is 8. The van der Waals surface area contributed by atoms with Gasteiger partial charge in [-0.1, -0.05) is 146 Å². The van der Waals surface area contributed by atoms with Crippen LogP contribution in [0.25, 0.3) is 0 Å². The van der Waals surface area contributed by atoms with Crippen molar-refractivity contribution in [3.63, 3.8) is 0 Å². The number of fused-ring (bicyclic) bond motifs is 16. The fourth-order valence-corrected chi connectivity index (χ4v) is 15.2. The minimum absolute atomic E-state index is 0.112. The van der Waals surface area contributed by atoms with Crippen molar-refractivity contribution in [3.05, 3.63) is 235 Å². The summed E-state index contributed by atoms with van der Waals surface area (Å²) in [6, 6.07) is 49.3. The zero-order chi connectivity index (χ0) is 95.4. The van der Waals surface area contributed by atoms with E-state index in [0.29, 0.717) is 97.4 Å². The molecule has 32 heteroatoms. The van der Waals surface area contributed by atoms with Crippen LogP contribution in [0.15, 0.2) is 146 Å². The second-order valence-corrected chi connectivity index (χ2v) is 31.0. The van der Waals surface area contributed by atoms with Crippen molar-refractivity contribution >= 4 is 0 Å². The lowest BCUT2D eigenvalue weighted by Gasteiger charge is -2.23. The lowest BCUT2D eigenvalue weighted by Crippen LogP contribution is -2.15. The fourth-order valence-electron chi connectivity index (χ4n) is 15.2. The molecule has 136 heavy (non-hydrogen) atoms. The number of rotatable bonds is 72. The highest BCUT2D eigenvalue weighted by atomic mass is 16.6. The third-order valence-electron chi connectivity index (χ3n) is 21.1. The summed E-state index contributed by atoms with van der Waals surface area (Å²) >= 11 is 0. The van der Waals surface area contributed by atoms with Gasteiger partial charge in [0.2, 0.25) is 0 Å². The highest BCUT2D eigenvalue weighted by Crippen LogP contribution is 2.42. The SMILES string of the molecule is OCCOCCOCCOc1c2cccc1Cc1cccc(c1OCCOCCOCCO)Cc1cccc(c1OCCOCCOCCO)Cc1cccc(c1OCCOCCOCCO)Cc1cccc(c1OCCOCCOCCO)Cc1cccc(c1OCCOCCOCCO)Cc1cccc(c1OCCOCCOCCO)Cc1cccc(c1OCCOCCOCCO)C2. The maximum Gasteiger partial charge on any atom is 0.126 e. The van der Waals surface area contributed by atoms with E-state index in [1.165, 1.54) is 0 Å². The Kier molecular flexibility index (Phi) is 57.7. The summed E-state index contributed by atoms with van der Waals surface area (Å²) in [5, 5.41) is 75.7. The van der Waals surface area contributed by atoms with E-state index < -0.39 is 0 Å². The molecule has 8 N–H and O–H groups in total. The summed E-state index contributed by atoms with van der Waals surface area (Å²) in [6.07, 6.45) is 2.64. The quantitative estimate of drug-likeness (QED) is 0.0167. The molecule has 0 aromatic heterocycles. The Hall–Kier alpha value is -8.80. The van der Waals surface area contributed by atoms with E-state index in [4.69, 9.17) is 114 Å². The van der Waals surface area contributed by atoms with Gasteiger partial charge in [0.05, 0.1) is 264 Å². The second-order valence-electron chi connectivity index (χ2n) is 31.0. The predicted molar refractivity (Wildman–Crippen MR) is 508 cm³/mol. The Morgan fingerprint density at radius 1 is 0.118 bits per heavy atom. The molecule has 16 bridgehead atoms. The maximum atomic E-state index is 9.46. The zero-order valence-corrected chi connectivity index (χ0v) is 78.8. The number of para-hydroxylation sites is 8. The normalized spacial score (nSPS) is 12.3. The topological polar surface area (TPSA) is 383 Å². The van der Waals surface area contributed by atoms with Crippen LogP contribution in [0.5, 0.6) is 46.0 Å². The van der Waals surface area contributed by atoms with Gasteiger partial charge in [0.1, 0.15) is 98.9 Å². The Balaban J connectivity index is 1.26. The van der Waals surface area contributed by atoms with Crippen LogP contribution in [0.4, 0.5) is 0 Å². The molecule has 0 radical (unpaired) electrons. The molecule has 0 saturated carbocycles. The van der Waals surface area contributed by atoms with Crippen molar-refractivity contribution < 1.29 is 155 Å². The van der Waals surface area contributed by atoms with Crippen molar-refractivity contribution in [2.75, 3.05) is 317 Å². The van der Waals surface area contributed by atoms with Gasteiger partial charge < -0.3 is 155 Å². The summed E-state index contributed by atoms with van der Waals surface area (Å²) in [7, 11) is 0. The van der Waals surface area contributed by atoms with Crippen LogP contribution in [0.3, 0.4) is 0 Å². The van der Waals surface area contributed by atoms with Crippen LogP contribution in [-0.2, 0) is 127 Å². The Bertz CT molecular complexity index is 3480. The highest BCUT2D eigenvalue weighted by molar-refractivity contribution is 5.59. The van der Waals surface area contributed by atoms with E-state index in [2.05, 4.69) is 97.1 Å². The number of benzene rings is 8. The van der Waals surface area contributed by atoms with Gasteiger partial charge in [-0.05, 0) is 89.0 Å². The zero-order valence-electron chi connectivity index (χ0n) is 78.8. The fraction of sp³-hybridized carbons (Fsp3) is 0.538. The van der Waals surface area contributed by atoms with Gasteiger partial charge >= 0.3 is 0 Å². The van der Waals surface area contributed by atoms with Crippen LogP contribution < -0.4 is 37.9 Å². The summed E-state index contributed by atoms with van der Waals surface area (Å²) in [6.45, 7) is 8.03. The summed E-state index contributed by atoms with van der Waals surface area (Å²) in [5.74, 6) is 5.03. The minimum Gasteiger partial charge on any atom is -0.491 e. The third-order valence-corrected chi connectivity index (χ3v) is 21.1. The van der Waals surface area contributed by atoms with Crippen LogP contribution in [0.1, 0.15) is 89.0 Å². The van der Waals surface area contributed by atoms with Crippen molar-refractivity contribution in [1.82, 2.24) is 0 Å². The molecule has 0 aliphatic heterocycles. The number of aliphatic hydroxyl groups is 8. The lowest BCUT2D eigenvalue weighted by molar-refractivity contribution is 0.0244. The van der Waals surface area contributed by atoms with Crippen molar-refractivity contribution in [2.24, 2.45) is 0 Å². The van der Waals surface area contributed by atoms with Crippen molar-refractivity contribution in [2.45, 2.75) is 51.4 Å². The van der Waals surface area contributed by atoms with E-state index in [0.717, 1.165) is 89.0 Å². The predicted octanol–water partition coefficient (Wildman–Crippen LogP) is 7.96. The largest absolute Gasteiger partial charge is 0.491 e. The van der Waals surface area contributed by atoms with Gasteiger partial charge in [0, 0.05) is 51.4 Å². The van der Waals surface area contributed by atoms with Gasteiger partial charge in [-0.2, -0.15) is 0 Å². The van der Waals surface area contributed by atoms with Gasteiger partial charge in [0.25, 0.3) is 0 Å². The van der Waals surface area contributed by atoms with Gasteiger partial charge in [0.15, 0.2) is 0 Å². The molecule has 8 aromatic carbocycles. The molecule has 0 unspecified atom stereocenters. The first-order valence-corrected chi connectivity index (χ1v) is 47.3. The molecule has 1 aliphatic carbocycles. The molecular formula is C104H144O32. The van der Waals surface area contributed by atoms with Crippen LogP contribution >= 0.6 is 0 Å². The van der Waals surface area contributed by atoms with Gasteiger partial charge in [-0.15, -0.1) is 0 Å². The van der Waals surface area contributed by atoms with Crippen molar-refractivity contribution in [1.29, 1.82) is 0 Å². The molecule has 0 fully saturated rings. The molecule has 1 aliphatic rings. The van der Waals surface area contributed by atoms with E-state index >= 15 is 0 Å². The Morgan fingerprint density at radius 2 is 0.199 bits per heavy atom. The average molecular weight is 1910 g/mol. The van der Waals surface area contributed by atoms with E-state index in [1.807, 2.05) is 48.5 Å². The summed E-state index contributed by atoms with van der Waals surface area (Å²) in [4.78, 5) is 0. The lowest BCUT2D eigenvalue weighted by atomic mass is 9.91. The number of hydrogen-bond donors (Lipinski definition) is 8. The first-order chi connectivity index (χ1) is 67.3. The van der Waals surface area contributed by atoms with Crippen molar-refractivity contribution in [3.8, 4) is 46.0 Å². The molecular weight excluding hydrogens is 1760 g/mol. The standard InChI is InChI=1S/C104H144O32/c105-25-33-113-41-49-121-57-65-129-97-81-9-1-10-82(97)74-84-12-3-14-86(99(84)131-67-59-123-51-43-115-35-27-107)76-88-16-5-18-90(101(88)133-69-61-125-53-45-117-37-29-109)78-92-20-7-22-94(103(92)135-71-63-127-55-47-119-39-31-111)80-96-24-8-23-95(104(96)136-72-64-128-56-48-120-40-32-112)79-93-21-6-19-91(102(93)134-70-62-126-54-46-118-38-30-110)77-89-17-4-15-87(100(89)132-68-60-124-52-44-116-36-28-108)75-85-13-2-11-83(73-81)98(85)130-66-58-122-50-42-114-34-26-106/h1-24,105-112H,25-80H2. The molecule has 0 spiro atoms. The van der Waals surface area contributed by atoms with Crippen LogP contribution in [-0.4, -0.2) is 358 Å². The Labute approximate surface area is 799 Å². The second kappa shape index (κ2) is 70.8. The molecule has 0 atom stereocenters. The smallest absolute Gasteiger partial charge is 0.126 e. The van der Waals surface area contributed by atoms with Crippen LogP contribution in [0, 0.1) is 0 Å². The average Bonchev–Trinajstić information content (AvgIpc) is 0.798. The monoisotopic (exact) mass is 1900 g/mol. The molecule has 0 saturated heterocycles.